The van der Waals surface area contributed by atoms with Crippen molar-refractivity contribution in [2.45, 2.75) is 38.6 Å². The number of aliphatic imine (C=N–C) groups is 1. The van der Waals surface area contributed by atoms with Gasteiger partial charge < -0.3 is 10.6 Å². The van der Waals surface area contributed by atoms with E-state index in [4.69, 9.17) is 0 Å². The van der Waals surface area contributed by atoms with Gasteiger partial charge in [-0.3, -0.25) is 4.99 Å². The van der Waals surface area contributed by atoms with Gasteiger partial charge in [-0.25, -0.2) is 8.42 Å². The molecule has 0 saturated heterocycles. The zero-order valence-electron chi connectivity index (χ0n) is 17.2. The largest absolute Gasteiger partial charge is 0.356 e. The van der Waals surface area contributed by atoms with Crippen molar-refractivity contribution in [3.05, 3.63) is 64.2 Å². The Balaban J connectivity index is 0.00000392. The Kier molecular flexibility index (Phi) is 9.43. The van der Waals surface area contributed by atoms with Gasteiger partial charge in [0.05, 0.1) is 4.90 Å². The maximum atomic E-state index is 11.7. The highest BCUT2D eigenvalue weighted by atomic mass is 127. The maximum Gasteiger partial charge on any atom is 0.191 e. The molecule has 0 aromatic heterocycles. The number of sulfone groups is 1. The number of halogens is 1. The lowest BCUT2D eigenvalue weighted by atomic mass is 10.1. The van der Waals surface area contributed by atoms with Crippen LogP contribution in [0.1, 0.15) is 27.8 Å². The van der Waals surface area contributed by atoms with Crippen LogP contribution in [0, 0.1) is 20.8 Å². The Morgan fingerprint density at radius 3 is 2.14 bits per heavy atom. The standard InChI is InChI=1S/C21H29N3O2S.HI/c1-15-10-16(2)12-18(11-15)8-9-23-21(22-4)24-14-19-6-7-20(17(3)13-19)27(5,25)26;/h6-7,10-13H,8-9,14H2,1-5H3,(H2,22,23,24);1H. The molecule has 0 aliphatic rings. The molecule has 0 atom stereocenters. The van der Waals surface area contributed by atoms with Crippen LogP contribution >= 0.6 is 24.0 Å². The van der Waals surface area contributed by atoms with Crippen LogP contribution < -0.4 is 10.6 Å². The Morgan fingerprint density at radius 1 is 0.964 bits per heavy atom. The van der Waals surface area contributed by atoms with Crippen LogP contribution in [0.3, 0.4) is 0 Å². The van der Waals surface area contributed by atoms with E-state index in [2.05, 4.69) is 47.7 Å². The lowest BCUT2D eigenvalue weighted by molar-refractivity contribution is 0.601. The van der Waals surface area contributed by atoms with E-state index in [-0.39, 0.29) is 24.0 Å². The summed E-state index contributed by atoms with van der Waals surface area (Å²) in [5.74, 6) is 0.726. The molecule has 0 aliphatic carbocycles. The quantitative estimate of drug-likeness (QED) is 0.351. The molecule has 2 aromatic carbocycles. The first-order valence-corrected chi connectivity index (χ1v) is 10.9. The monoisotopic (exact) mass is 515 g/mol. The van der Waals surface area contributed by atoms with E-state index in [1.165, 1.54) is 22.9 Å². The summed E-state index contributed by atoms with van der Waals surface area (Å²) in [5, 5.41) is 6.59. The summed E-state index contributed by atoms with van der Waals surface area (Å²) in [6.45, 7) is 7.41. The van der Waals surface area contributed by atoms with Crippen LogP contribution in [0.2, 0.25) is 0 Å². The fourth-order valence-electron chi connectivity index (χ4n) is 3.18. The molecule has 2 aromatic rings. The van der Waals surface area contributed by atoms with Crippen LogP contribution in [-0.4, -0.2) is 34.2 Å². The van der Waals surface area contributed by atoms with E-state index in [9.17, 15) is 8.42 Å². The topological polar surface area (TPSA) is 70.6 Å². The summed E-state index contributed by atoms with van der Waals surface area (Å²) in [6.07, 6.45) is 2.15. The van der Waals surface area contributed by atoms with Crippen molar-refractivity contribution in [1.29, 1.82) is 0 Å². The molecule has 0 unspecified atom stereocenters. The Labute approximate surface area is 186 Å². The van der Waals surface area contributed by atoms with Gasteiger partial charge in [-0.1, -0.05) is 41.5 Å². The van der Waals surface area contributed by atoms with Gasteiger partial charge in [-0.05, 0) is 49.9 Å². The van der Waals surface area contributed by atoms with Crippen molar-refractivity contribution < 1.29 is 8.42 Å². The summed E-state index contributed by atoms with van der Waals surface area (Å²) in [6, 6.07) is 12.0. The summed E-state index contributed by atoms with van der Waals surface area (Å²) >= 11 is 0. The van der Waals surface area contributed by atoms with Gasteiger partial charge in [0.1, 0.15) is 0 Å². The van der Waals surface area contributed by atoms with Crippen molar-refractivity contribution in [2.24, 2.45) is 4.99 Å². The molecule has 2 rings (SSSR count). The molecule has 7 heteroatoms. The molecule has 0 radical (unpaired) electrons. The summed E-state index contributed by atoms with van der Waals surface area (Å²) < 4.78 is 23.4. The van der Waals surface area contributed by atoms with E-state index in [1.54, 1.807) is 13.1 Å². The van der Waals surface area contributed by atoms with E-state index >= 15 is 0 Å². The fourth-order valence-corrected chi connectivity index (χ4v) is 4.14. The third-order valence-electron chi connectivity index (χ3n) is 4.31. The molecule has 0 bridgehead atoms. The number of benzene rings is 2. The molecule has 2 N–H and O–H groups in total. The number of nitrogens with one attached hydrogen (secondary N) is 2. The molecule has 0 saturated carbocycles. The molecule has 0 amide bonds. The molecule has 0 spiro atoms. The third-order valence-corrected chi connectivity index (χ3v) is 5.57. The van der Waals surface area contributed by atoms with E-state index < -0.39 is 9.84 Å². The minimum Gasteiger partial charge on any atom is -0.356 e. The lowest BCUT2D eigenvalue weighted by Crippen LogP contribution is -2.37. The fraction of sp³-hybridized carbons (Fsp3) is 0.381. The first kappa shape index (κ1) is 24.4. The predicted molar refractivity (Wildman–Crippen MR) is 128 cm³/mol. The SMILES string of the molecule is CN=C(NCCc1cc(C)cc(C)c1)NCc1ccc(S(C)(=O)=O)c(C)c1.I. The van der Waals surface area contributed by atoms with Gasteiger partial charge >= 0.3 is 0 Å². The van der Waals surface area contributed by atoms with Crippen LogP contribution in [0.25, 0.3) is 0 Å². The second-order valence-corrected chi connectivity index (χ2v) is 8.95. The highest BCUT2D eigenvalue weighted by Crippen LogP contribution is 2.16. The van der Waals surface area contributed by atoms with E-state index in [1.807, 2.05) is 19.1 Å². The highest BCUT2D eigenvalue weighted by Gasteiger charge is 2.11. The van der Waals surface area contributed by atoms with Gasteiger partial charge in [0, 0.05) is 26.4 Å². The minimum absolute atomic E-state index is 0. The zero-order valence-corrected chi connectivity index (χ0v) is 20.3. The Hall–Kier alpha value is -1.61. The van der Waals surface area contributed by atoms with Crippen molar-refractivity contribution in [3.8, 4) is 0 Å². The van der Waals surface area contributed by atoms with Gasteiger partial charge in [0.25, 0.3) is 0 Å². The number of hydrogen-bond donors (Lipinski definition) is 2. The Morgan fingerprint density at radius 2 is 1.61 bits per heavy atom. The summed E-state index contributed by atoms with van der Waals surface area (Å²) in [5.41, 5.74) is 5.63. The van der Waals surface area contributed by atoms with Gasteiger partial charge in [-0.2, -0.15) is 0 Å². The first-order chi connectivity index (χ1) is 12.7. The molecule has 154 valence electrons. The number of hydrogen-bond acceptors (Lipinski definition) is 3. The Bertz CT molecular complexity index is 920. The minimum atomic E-state index is -3.19. The average molecular weight is 515 g/mol. The number of aryl methyl sites for hydroxylation is 3. The second kappa shape index (κ2) is 10.8. The lowest BCUT2D eigenvalue weighted by Gasteiger charge is -2.13. The molecular formula is C21H30IN3O2S. The summed E-state index contributed by atoms with van der Waals surface area (Å²) in [7, 11) is -1.45. The van der Waals surface area contributed by atoms with Gasteiger partial charge in [-0.15, -0.1) is 24.0 Å². The molecule has 28 heavy (non-hydrogen) atoms. The van der Waals surface area contributed by atoms with E-state index in [0.717, 1.165) is 30.1 Å². The normalized spacial score (nSPS) is 11.7. The molecule has 5 nitrogen and oxygen atoms in total. The van der Waals surface area contributed by atoms with Gasteiger partial charge in [0.2, 0.25) is 0 Å². The number of guanidine groups is 1. The van der Waals surface area contributed by atoms with Crippen molar-refractivity contribution in [3.63, 3.8) is 0 Å². The predicted octanol–water partition coefficient (Wildman–Crippen LogP) is 3.54. The van der Waals surface area contributed by atoms with E-state index in [0.29, 0.717) is 11.4 Å². The smallest absolute Gasteiger partial charge is 0.191 e. The van der Waals surface area contributed by atoms with Gasteiger partial charge in [0.15, 0.2) is 15.8 Å². The average Bonchev–Trinajstić information content (AvgIpc) is 2.56. The van der Waals surface area contributed by atoms with Crippen molar-refractivity contribution >= 4 is 39.8 Å². The first-order valence-electron chi connectivity index (χ1n) is 9.00. The third kappa shape index (κ3) is 7.43. The molecule has 0 heterocycles. The van der Waals surface area contributed by atoms with Crippen molar-refractivity contribution in [2.75, 3.05) is 19.8 Å². The molecular weight excluding hydrogens is 485 g/mol. The number of rotatable bonds is 6. The maximum absolute atomic E-state index is 11.7. The number of nitrogens with zero attached hydrogens (tertiary/aromatic N) is 1. The second-order valence-electron chi connectivity index (χ2n) is 6.97. The zero-order chi connectivity index (χ0) is 20.0. The van der Waals surface area contributed by atoms with Crippen LogP contribution in [0.4, 0.5) is 0 Å². The highest BCUT2D eigenvalue weighted by molar-refractivity contribution is 14.0. The van der Waals surface area contributed by atoms with Crippen LogP contribution in [0.5, 0.6) is 0 Å². The van der Waals surface area contributed by atoms with Crippen LogP contribution in [-0.2, 0) is 22.8 Å². The van der Waals surface area contributed by atoms with Crippen LogP contribution in [0.15, 0.2) is 46.3 Å². The molecule has 0 aliphatic heterocycles. The van der Waals surface area contributed by atoms with Crippen molar-refractivity contribution in [1.82, 2.24) is 10.6 Å². The summed E-state index contributed by atoms with van der Waals surface area (Å²) in [4.78, 5) is 4.62. The molecule has 0 fully saturated rings.